The van der Waals surface area contributed by atoms with Gasteiger partial charge in [-0.25, -0.2) is 0 Å². The summed E-state index contributed by atoms with van der Waals surface area (Å²) in [5.41, 5.74) is -2.87. The molecule has 2 N–H and O–H groups in total. The first-order valence-corrected chi connectivity index (χ1v) is 10.5. The molecule has 3 rings (SSSR count). The van der Waals surface area contributed by atoms with Crippen LogP contribution < -0.4 is 10.2 Å². The van der Waals surface area contributed by atoms with Crippen molar-refractivity contribution in [3.63, 3.8) is 0 Å². The number of anilines is 2. The molecule has 1 amide bonds. The number of benzene rings is 2. The van der Waals surface area contributed by atoms with Gasteiger partial charge in [0.15, 0.2) is 0 Å². The Morgan fingerprint density at radius 3 is 2.38 bits per heavy atom. The Balaban J connectivity index is 2.04. The normalized spacial score (nSPS) is 16.9. The Morgan fingerprint density at radius 2 is 1.79 bits per heavy atom. The number of rotatable bonds is 5. The van der Waals surface area contributed by atoms with Crippen LogP contribution in [0.15, 0.2) is 36.4 Å². The van der Waals surface area contributed by atoms with Gasteiger partial charge in [0.2, 0.25) is 0 Å². The van der Waals surface area contributed by atoms with Crippen LogP contribution in [0.25, 0.3) is 0 Å². The maximum atomic E-state index is 13.9. The van der Waals surface area contributed by atoms with Gasteiger partial charge in [-0.05, 0) is 55.2 Å². The van der Waals surface area contributed by atoms with Crippen molar-refractivity contribution in [2.45, 2.75) is 38.5 Å². The number of aliphatic carboxylic acids is 1. The van der Waals surface area contributed by atoms with Crippen molar-refractivity contribution < 1.29 is 41.0 Å². The molecule has 11 heteroatoms. The summed E-state index contributed by atoms with van der Waals surface area (Å²) in [6.45, 7) is 1.72. The van der Waals surface area contributed by atoms with Crippen molar-refractivity contribution in [1.82, 2.24) is 0 Å². The summed E-state index contributed by atoms with van der Waals surface area (Å²) in [5.74, 6) is -2.82. The maximum Gasteiger partial charge on any atom is 0.416 e. The highest BCUT2D eigenvalue weighted by atomic mass is 19.4. The van der Waals surface area contributed by atoms with Crippen molar-refractivity contribution in [1.29, 1.82) is 0 Å². The molecule has 184 valence electrons. The van der Waals surface area contributed by atoms with Gasteiger partial charge in [0.05, 0.1) is 17.0 Å². The van der Waals surface area contributed by atoms with E-state index in [4.69, 9.17) is 0 Å². The number of carbonyl (C=O) groups excluding carboxylic acids is 1. The van der Waals surface area contributed by atoms with E-state index in [-0.39, 0.29) is 35.5 Å². The number of piperidine rings is 1. The Hall–Kier alpha value is -3.24. The lowest BCUT2D eigenvalue weighted by Gasteiger charge is -2.33. The van der Waals surface area contributed by atoms with Crippen LogP contribution in [0.2, 0.25) is 0 Å². The van der Waals surface area contributed by atoms with Gasteiger partial charge in [-0.15, -0.1) is 0 Å². The predicted molar refractivity (Wildman–Crippen MR) is 113 cm³/mol. The van der Waals surface area contributed by atoms with E-state index < -0.39 is 41.3 Å². The van der Waals surface area contributed by atoms with Crippen molar-refractivity contribution in [3.8, 4) is 0 Å². The van der Waals surface area contributed by atoms with Crippen LogP contribution in [0.5, 0.6) is 0 Å². The number of carbonyl (C=O) groups is 2. The van der Waals surface area contributed by atoms with Gasteiger partial charge in [0.25, 0.3) is 5.91 Å². The van der Waals surface area contributed by atoms with Gasteiger partial charge < -0.3 is 15.3 Å². The van der Waals surface area contributed by atoms with Gasteiger partial charge in [-0.1, -0.05) is 13.0 Å². The van der Waals surface area contributed by atoms with Crippen LogP contribution >= 0.6 is 0 Å². The van der Waals surface area contributed by atoms with E-state index in [1.165, 1.54) is 24.0 Å². The summed E-state index contributed by atoms with van der Waals surface area (Å²) in [6, 6.07) is 5.92. The molecule has 0 aromatic heterocycles. The largest absolute Gasteiger partial charge is 0.481 e. The standard InChI is InChI=1S/C23H22F6N2O3/c1-2-17-18(20(32)30-15-7-3-6-14(9-15)22(24,25)26)10-16(11-19(17)23(27,28)29)31-8-4-5-13(12-31)21(33)34/h3,6-7,9-11,13H,2,4-5,8,12H2,1H3,(H,30,32)(H,33,34). The summed E-state index contributed by atoms with van der Waals surface area (Å²) in [7, 11) is 0. The number of carboxylic acid groups (broad SMARTS) is 1. The molecule has 1 heterocycles. The fourth-order valence-corrected chi connectivity index (χ4v) is 4.06. The van der Waals surface area contributed by atoms with Crippen molar-refractivity contribution in [3.05, 3.63) is 58.7 Å². The third-order valence-electron chi connectivity index (χ3n) is 5.72. The molecule has 1 saturated heterocycles. The molecule has 2 aromatic carbocycles. The maximum absolute atomic E-state index is 13.9. The van der Waals surface area contributed by atoms with E-state index in [1.807, 2.05) is 0 Å². The van der Waals surface area contributed by atoms with Gasteiger partial charge in [-0.2, -0.15) is 26.3 Å². The molecule has 34 heavy (non-hydrogen) atoms. The Kier molecular flexibility index (Phi) is 7.13. The fraction of sp³-hybridized carbons (Fsp3) is 0.391. The van der Waals surface area contributed by atoms with Crippen molar-refractivity contribution in [2.24, 2.45) is 5.92 Å². The first-order valence-electron chi connectivity index (χ1n) is 10.5. The molecule has 0 saturated carbocycles. The predicted octanol–water partition coefficient (Wildman–Crippen LogP) is 5.84. The molecule has 1 aliphatic rings. The topological polar surface area (TPSA) is 69.6 Å². The first-order chi connectivity index (χ1) is 15.8. The highest BCUT2D eigenvalue weighted by Crippen LogP contribution is 2.38. The zero-order chi connectivity index (χ0) is 25.3. The van der Waals surface area contributed by atoms with Crippen LogP contribution in [-0.4, -0.2) is 30.1 Å². The van der Waals surface area contributed by atoms with Crippen LogP contribution in [0, 0.1) is 5.92 Å². The van der Waals surface area contributed by atoms with E-state index in [0.29, 0.717) is 25.5 Å². The summed E-state index contributed by atoms with van der Waals surface area (Å²) in [5, 5.41) is 11.6. The number of carboxylic acids is 1. The van der Waals surface area contributed by atoms with Crippen LogP contribution in [-0.2, 0) is 23.6 Å². The summed E-state index contributed by atoms with van der Waals surface area (Å²) in [6.07, 6.45) is -8.78. The second-order valence-electron chi connectivity index (χ2n) is 8.03. The Bertz CT molecular complexity index is 1080. The first kappa shape index (κ1) is 25.4. The third-order valence-corrected chi connectivity index (χ3v) is 5.72. The van der Waals surface area contributed by atoms with Crippen molar-refractivity contribution >= 4 is 23.3 Å². The molecule has 0 bridgehead atoms. The molecule has 0 aliphatic carbocycles. The lowest BCUT2D eigenvalue weighted by molar-refractivity contribution is -0.142. The number of nitrogens with one attached hydrogen (secondary N) is 1. The molecular formula is C23H22F6N2O3. The average molecular weight is 488 g/mol. The number of amides is 1. The fourth-order valence-electron chi connectivity index (χ4n) is 4.06. The smallest absolute Gasteiger partial charge is 0.416 e. The summed E-state index contributed by atoms with van der Waals surface area (Å²) >= 11 is 0. The zero-order valence-electron chi connectivity index (χ0n) is 18.1. The van der Waals surface area contributed by atoms with Crippen LogP contribution in [0.3, 0.4) is 0 Å². The minimum Gasteiger partial charge on any atom is -0.481 e. The molecule has 0 spiro atoms. The summed E-state index contributed by atoms with van der Waals surface area (Å²) < 4.78 is 80.6. The number of hydrogen-bond donors (Lipinski definition) is 2. The van der Waals surface area contributed by atoms with E-state index in [0.717, 1.165) is 18.2 Å². The van der Waals surface area contributed by atoms with Crippen LogP contribution in [0.1, 0.15) is 46.8 Å². The SMILES string of the molecule is CCc1c(C(=O)Nc2cccc(C(F)(F)F)c2)cc(N2CCCC(C(=O)O)C2)cc1C(F)(F)F. The van der Waals surface area contributed by atoms with E-state index in [2.05, 4.69) is 5.32 Å². The third kappa shape index (κ3) is 5.63. The van der Waals surface area contributed by atoms with Gasteiger partial charge >= 0.3 is 18.3 Å². The van der Waals surface area contributed by atoms with E-state index in [1.54, 1.807) is 0 Å². The number of alkyl halides is 6. The lowest BCUT2D eigenvalue weighted by Crippen LogP contribution is -2.39. The monoisotopic (exact) mass is 488 g/mol. The molecule has 1 atom stereocenters. The highest BCUT2D eigenvalue weighted by Gasteiger charge is 2.37. The second kappa shape index (κ2) is 9.55. The van der Waals surface area contributed by atoms with E-state index >= 15 is 0 Å². The van der Waals surface area contributed by atoms with Crippen LogP contribution in [0.4, 0.5) is 37.7 Å². The molecule has 1 fully saturated rings. The summed E-state index contributed by atoms with van der Waals surface area (Å²) in [4.78, 5) is 25.8. The van der Waals surface area contributed by atoms with Gasteiger partial charge in [0.1, 0.15) is 0 Å². The molecular weight excluding hydrogens is 466 g/mol. The molecule has 2 aromatic rings. The lowest BCUT2D eigenvalue weighted by atomic mass is 9.93. The molecule has 0 radical (unpaired) electrons. The van der Waals surface area contributed by atoms with Crippen molar-refractivity contribution in [2.75, 3.05) is 23.3 Å². The minimum absolute atomic E-state index is 0.0210. The highest BCUT2D eigenvalue weighted by molar-refractivity contribution is 6.06. The molecule has 1 unspecified atom stereocenters. The quantitative estimate of drug-likeness (QED) is 0.519. The number of hydrogen-bond acceptors (Lipinski definition) is 3. The zero-order valence-corrected chi connectivity index (χ0v) is 18.1. The average Bonchev–Trinajstić information content (AvgIpc) is 2.77. The minimum atomic E-state index is -4.80. The number of nitrogens with zero attached hydrogens (tertiary/aromatic N) is 1. The van der Waals surface area contributed by atoms with Gasteiger partial charge in [0, 0.05) is 30.0 Å². The van der Waals surface area contributed by atoms with E-state index in [9.17, 15) is 41.0 Å². The number of halogens is 6. The second-order valence-corrected chi connectivity index (χ2v) is 8.03. The Labute approximate surface area is 191 Å². The Morgan fingerprint density at radius 1 is 1.09 bits per heavy atom. The van der Waals surface area contributed by atoms with Gasteiger partial charge in [-0.3, -0.25) is 9.59 Å². The molecule has 5 nitrogen and oxygen atoms in total. The molecule has 1 aliphatic heterocycles.